The summed E-state index contributed by atoms with van der Waals surface area (Å²) in [6.45, 7) is -0.0600. The van der Waals surface area contributed by atoms with E-state index in [0.29, 0.717) is 11.3 Å². The first-order chi connectivity index (χ1) is 14.0. The van der Waals surface area contributed by atoms with E-state index >= 15 is 0 Å². The fourth-order valence-electron chi connectivity index (χ4n) is 3.28. The molecule has 3 aromatic rings. The van der Waals surface area contributed by atoms with E-state index in [4.69, 9.17) is 0 Å². The Morgan fingerprint density at radius 2 is 1.97 bits per heavy atom. The molecule has 0 spiro atoms. The number of imide groups is 1. The van der Waals surface area contributed by atoms with Crippen molar-refractivity contribution in [2.45, 2.75) is 19.0 Å². The van der Waals surface area contributed by atoms with Crippen LogP contribution in [0.1, 0.15) is 12.0 Å². The molecule has 0 radical (unpaired) electrons. The second kappa shape index (κ2) is 7.67. The van der Waals surface area contributed by atoms with E-state index in [9.17, 15) is 18.8 Å². The molecule has 1 aromatic heterocycles. The minimum Gasteiger partial charge on any atom is -0.325 e. The maximum Gasteiger partial charge on any atom is 0.325 e. The van der Waals surface area contributed by atoms with Crippen molar-refractivity contribution in [3.8, 4) is 0 Å². The predicted molar refractivity (Wildman–Crippen MR) is 104 cm³/mol. The minimum atomic E-state index is -0.968. The molecule has 1 aliphatic rings. The molecule has 29 heavy (non-hydrogen) atoms. The molecule has 146 valence electrons. The van der Waals surface area contributed by atoms with Gasteiger partial charge < -0.3 is 10.6 Å². The molecule has 1 saturated heterocycles. The first-order valence-corrected chi connectivity index (χ1v) is 9.01. The topological polar surface area (TPSA) is 91.4 Å². The lowest BCUT2D eigenvalue weighted by atomic mass is 10.1. The summed E-state index contributed by atoms with van der Waals surface area (Å²) < 4.78 is 13.3. The second-order valence-electron chi connectivity index (χ2n) is 6.68. The molecule has 2 N–H and O–H groups in total. The Hall–Kier alpha value is -3.81. The molecule has 1 fully saturated rings. The van der Waals surface area contributed by atoms with E-state index < -0.39 is 29.7 Å². The number of fused-ring (bicyclic) bond motifs is 1. The smallest absolute Gasteiger partial charge is 0.325 e. The quantitative estimate of drug-likeness (QED) is 0.653. The number of amides is 4. The Kier molecular flexibility index (Phi) is 4.90. The number of urea groups is 1. The van der Waals surface area contributed by atoms with Crippen LogP contribution in [0.4, 0.5) is 14.9 Å². The highest BCUT2D eigenvalue weighted by molar-refractivity contribution is 6.08. The number of halogens is 1. The average molecular weight is 392 g/mol. The molecule has 0 saturated carbocycles. The number of carbonyl (C=O) groups is 3. The first-order valence-electron chi connectivity index (χ1n) is 9.01. The zero-order valence-electron chi connectivity index (χ0n) is 15.3. The van der Waals surface area contributed by atoms with Gasteiger partial charge in [-0.2, -0.15) is 0 Å². The maximum absolute atomic E-state index is 13.3. The fourth-order valence-corrected chi connectivity index (χ4v) is 3.28. The molecule has 8 heteroatoms. The van der Waals surface area contributed by atoms with E-state index in [1.54, 1.807) is 30.5 Å². The summed E-state index contributed by atoms with van der Waals surface area (Å²) in [4.78, 5) is 42.4. The third kappa shape index (κ3) is 3.91. The minimum absolute atomic E-state index is 0.0600. The van der Waals surface area contributed by atoms with Crippen LogP contribution in [0.2, 0.25) is 0 Å². The molecule has 2 aromatic carbocycles. The van der Waals surface area contributed by atoms with Crippen LogP contribution >= 0.6 is 0 Å². The summed E-state index contributed by atoms with van der Waals surface area (Å²) in [6.07, 6.45) is 1.45. The number of aromatic nitrogens is 1. The van der Waals surface area contributed by atoms with E-state index in [0.717, 1.165) is 15.8 Å². The van der Waals surface area contributed by atoms with Gasteiger partial charge in [-0.1, -0.05) is 18.2 Å². The van der Waals surface area contributed by atoms with Gasteiger partial charge in [-0.3, -0.25) is 19.5 Å². The third-order valence-corrected chi connectivity index (χ3v) is 4.65. The zero-order valence-corrected chi connectivity index (χ0v) is 15.3. The number of carbonyl (C=O) groups excluding carboxylic acids is 3. The number of rotatable bonds is 5. The Morgan fingerprint density at radius 3 is 2.79 bits per heavy atom. The van der Waals surface area contributed by atoms with Gasteiger partial charge >= 0.3 is 6.03 Å². The Labute approximate surface area is 165 Å². The van der Waals surface area contributed by atoms with Gasteiger partial charge in [0.15, 0.2) is 0 Å². The summed E-state index contributed by atoms with van der Waals surface area (Å²) in [7, 11) is 0. The highest BCUT2D eigenvalue weighted by atomic mass is 19.1. The summed E-state index contributed by atoms with van der Waals surface area (Å²) in [5, 5.41) is 6.06. The number of pyridine rings is 1. The maximum atomic E-state index is 13.3. The van der Waals surface area contributed by atoms with Gasteiger partial charge in [0.25, 0.3) is 5.91 Å². The molecule has 4 amide bonds. The van der Waals surface area contributed by atoms with Crippen molar-refractivity contribution in [1.29, 1.82) is 0 Å². The van der Waals surface area contributed by atoms with Crippen LogP contribution < -0.4 is 10.6 Å². The zero-order chi connectivity index (χ0) is 20.4. The molecule has 0 aliphatic carbocycles. The van der Waals surface area contributed by atoms with Gasteiger partial charge in [-0.05, 0) is 42.0 Å². The SMILES string of the molecule is O=C(CC1NC(=O)N(Cc2cccc(F)c2)C1=O)Nc1cccc2ncccc12. The van der Waals surface area contributed by atoms with E-state index in [1.807, 2.05) is 12.1 Å². The van der Waals surface area contributed by atoms with Crippen molar-refractivity contribution in [2.24, 2.45) is 0 Å². The molecular weight excluding hydrogens is 375 g/mol. The van der Waals surface area contributed by atoms with Crippen molar-refractivity contribution < 1.29 is 18.8 Å². The van der Waals surface area contributed by atoms with Gasteiger partial charge in [0.05, 0.1) is 24.2 Å². The van der Waals surface area contributed by atoms with E-state index in [2.05, 4.69) is 15.6 Å². The van der Waals surface area contributed by atoms with E-state index in [-0.39, 0.29) is 13.0 Å². The first kappa shape index (κ1) is 18.5. The van der Waals surface area contributed by atoms with Crippen molar-refractivity contribution >= 4 is 34.4 Å². The average Bonchev–Trinajstić information content (AvgIpc) is 2.95. The second-order valence-corrected chi connectivity index (χ2v) is 6.68. The lowest BCUT2D eigenvalue weighted by molar-refractivity contribution is -0.130. The summed E-state index contributed by atoms with van der Waals surface area (Å²) >= 11 is 0. The number of hydrogen-bond acceptors (Lipinski definition) is 4. The van der Waals surface area contributed by atoms with Crippen molar-refractivity contribution in [3.63, 3.8) is 0 Å². The number of hydrogen-bond donors (Lipinski definition) is 2. The number of benzene rings is 2. The van der Waals surface area contributed by atoms with Crippen LogP contribution in [0.5, 0.6) is 0 Å². The van der Waals surface area contributed by atoms with Crippen LogP contribution in [-0.4, -0.2) is 33.8 Å². The summed E-state index contributed by atoms with van der Waals surface area (Å²) in [5.41, 5.74) is 1.80. The van der Waals surface area contributed by atoms with Crippen LogP contribution in [0.25, 0.3) is 10.9 Å². The predicted octanol–water partition coefficient (Wildman–Crippen LogP) is 2.82. The van der Waals surface area contributed by atoms with Crippen molar-refractivity contribution in [2.75, 3.05) is 5.32 Å². The van der Waals surface area contributed by atoms with Gasteiger partial charge in [0.1, 0.15) is 11.9 Å². The standard InChI is InChI=1S/C21H17FN4O3/c22-14-5-1-4-13(10-14)12-26-20(28)18(25-21(26)29)11-19(27)24-17-8-2-7-16-15(17)6-3-9-23-16/h1-10,18H,11-12H2,(H,24,27)(H,25,29). The Morgan fingerprint density at radius 1 is 1.14 bits per heavy atom. The number of nitrogens with zero attached hydrogens (tertiary/aromatic N) is 2. The van der Waals surface area contributed by atoms with Crippen LogP contribution in [-0.2, 0) is 16.1 Å². The highest BCUT2D eigenvalue weighted by Gasteiger charge is 2.39. The monoisotopic (exact) mass is 392 g/mol. The largest absolute Gasteiger partial charge is 0.325 e. The Balaban J connectivity index is 1.43. The van der Waals surface area contributed by atoms with Gasteiger partial charge in [-0.15, -0.1) is 0 Å². The summed E-state index contributed by atoms with van der Waals surface area (Å²) in [5.74, 6) is -1.38. The molecule has 0 bridgehead atoms. The normalized spacial score (nSPS) is 16.2. The molecule has 2 heterocycles. The van der Waals surface area contributed by atoms with Crippen LogP contribution in [0.15, 0.2) is 60.8 Å². The van der Waals surface area contributed by atoms with Crippen LogP contribution in [0.3, 0.4) is 0 Å². The molecule has 1 unspecified atom stereocenters. The molecule has 1 atom stereocenters. The number of nitrogens with one attached hydrogen (secondary N) is 2. The lowest BCUT2D eigenvalue weighted by Gasteiger charge is -2.13. The van der Waals surface area contributed by atoms with Gasteiger partial charge in [-0.25, -0.2) is 9.18 Å². The molecule has 1 aliphatic heterocycles. The lowest BCUT2D eigenvalue weighted by Crippen LogP contribution is -2.34. The van der Waals surface area contributed by atoms with Crippen molar-refractivity contribution in [1.82, 2.24) is 15.2 Å². The Bertz CT molecular complexity index is 1110. The van der Waals surface area contributed by atoms with Gasteiger partial charge in [0, 0.05) is 11.6 Å². The highest BCUT2D eigenvalue weighted by Crippen LogP contribution is 2.22. The van der Waals surface area contributed by atoms with Crippen molar-refractivity contribution in [3.05, 3.63) is 72.2 Å². The molecule has 7 nitrogen and oxygen atoms in total. The third-order valence-electron chi connectivity index (χ3n) is 4.65. The van der Waals surface area contributed by atoms with E-state index in [1.165, 1.54) is 18.2 Å². The fraction of sp³-hybridized carbons (Fsp3) is 0.143. The molecule has 4 rings (SSSR count). The number of anilines is 1. The summed E-state index contributed by atoms with van der Waals surface area (Å²) in [6, 6.07) is 13.0. The van der Waals surface area contributed by atoms with Crippen LogP contribution in [0, 0.1) is 5.82 Å². The molecular formula is C21H17FN4O3. The van der Waals surface area contributed by atoms with Gasteiger partial charge in [0.2, 0.25) is 5.91 Å².